The first kappa shape index (κ1) is 17.5. The van der Waals surface area contributed by atoms with Crippen LogP contribution in [0.4, 0.5) is 0 Å². The number of hydrogen-bond acceptors (Lipinski definition) is 1. The molecule has 1 rings (SSSR count). The molecular formula is C18H30ClN. The van der Waals surface area contributed by atoms with Crippen LogP contribution in [0.3, 0.4) is 0 Å². The fourth-order valence-electron chi connectivity index (χ4n) is 2.57. The van der Waals surface area contributed by atoms with Crippen LogP contribution in [-0.4, -0.2) is 6.54 Å². The van der Waals surface area contributed by atoms with Crippen molar-refractivity contribution in [3.63, 3.8) is 0 Å². The van der Waals surface area contributed by atoms with E-state index in [2.05, 4.69) is 38.2 Å². The van der Waals surface area contributed by atoms with E-state index in [1.54, 1.807) is 0 Å². The van der Waals surface area contributed by atoms with Crippen molar-refractivity contribution in [1.82, 2.24) is 5.32 Å². The van der Waals surface area contributed by atoms with Gasteiger partial charge in [0.15, 0.2) is 0 Å². The van der Waals surface area contributed by atoms with Crippen molar-refractivity contribution >= 4 is 11.6 Å². The highest BCUT2D eigenvalue weighted by atomic mass is 35.5. The predicted octanol–water partition coefficient (Wildman–Crippen LogP) is 5.99. The second-order valence-electron chi connectivity index (χ2n) is 6.00. The van der Waals surface area contributed by atoms with Crippen molar-refractivity contribution in [1.29, 1.82) is 0 Å². The molecule has 1 atom stereocenters. The Morgan fingerprint density at radius 1 is 0.950 bits per heavy atom. The minimum Gasteiger partial charge on any atom is -0.310 e. The summed E-state index contributed by atoms with van der Waals surface area (Å²) in [6.45, 7) is 7.92. The fraction of sp³-hybridized carbons (Fsp3) is 0.667. The van der Waals surface area contributed by atoms with Gasteiger partial charge in [-0.05, 0) is 36.6 Å². The number of rotatable bonds is 10. The van der Waals surface area contributed by atoms with Crippen LogP contribution in [0.2, 0.25) is 5.02 Å². The summed E-state index contributed by atoms with van der Waals surface area (Å²) >= 11 is 5.96. The molecule has 0 aromatic heterocycles. The van der Waals surface area contributed by atoms with E-state index in [9.17, 15) is 0 Å². The maximum Gasteiger partial charge on any atom is 0.0406 e. The number of nitrogens with one attached hydrogen (secondary N) is 1. The molecule has 1 N–H and O–H groups in total. The first-order chi connectivity index (χ1) is 9.65. The van der Waals surface area contributed by atoms with Crippen LogP contribution in [0.25, 0.3) is 0 Å². The van der Waals surface area contributed by atoms with Gasteiger partial charge in [0.05, 0.1) is 0 Å². The van der Waals surface area contributed by atoms with E-state index >= 15 is 0 Å². The lowest BCUT2D eigenvalue weighted by atomic mass is 9.96. The van der Waals surface area contributed by atoms with E-state index in [0.717, 1.165) is 11.6 Å². The van der Waals surface area contributed by atoms with Crippen LogP contribution in [0.5, 0.6) is 0 Å². The second-order valence-corrected chi connectivity index (χ2v) is 6.43. The molecule has 0 aliphatic rings. The third-order valence-electron chi connectivity index (χ3n) is 3.79. The zero-order valence-electron chi connectivity index (χ0n) is 13.3. The highest BCUT2D eigenvalue weighted by Gasteiger charge is 2.14. The molecule has 0 bridgehead atoms. The summed E-state index contributed by atoms with van der Waals surface area (Å²) in [5.41, 5.74) is 1.34. The van der Waals surface area contributed by atoms with Crippen molar-refractivity contribution in [3.05, 3.63) is 34.9 Å². The summed E-state index contributed by atoms with van der Waals surface area (Å²) in [5, 5.41) is 4.51. The zero-order chi connectivity index (χ0) is 14.8. The standard InChI is InChI=1S/C18H30ClN/c1-4-5-6-7-8-9-14-20-18(15(2)3)16-10-12-17(19)13-11-16/h10-13,15,18,20H,4-9,14H2,1-3H3. The van der Waals surface area contributed by atoms with Crippen LogP contribution < -0.4 is 5.32 Å². The number of unbranched alkanes of at least 4 members (excludes halogenated alkanes) is 5. The molecule has 0 saturated carbocycles. The monoisotopic (exact) mass is 295 g/mol. The Morgan fingerprint density at radius 3 is 2.15 bits per heavy atom. The summed E-state index contributed by atoms with van der Waals surface area (Å²) in [4.78, 5) is 0. The van der Waals surface area contributed by atoms with E-state index in [1.165, 1.54) is 44.1 Å². The molecule has 114 valence electrons. The number of benzene rings is 1. The molecule has 0 saturated heterocycles. The SMILES string of the molecule is CCCCCCCCNC(c1ccc(Cl)cc1)C(C)C. The smallest absolute Gasteiger partial charge is 0.0406 e. The van der Waals surface area contributed by atoms with Crippen molar-refractivity contribution in [2.75, 3.05) is 6.54 Å². The molecule has 0 aliphatic carbocycles. The highest BCUT2D eigenvalue weighted by molar-refractivity contribution is 6.30. The van der Waals surface area contributed by atoms with Crippen molar-refractivity contribution in [2.45, 2.75) is 65.3 Å². The number of hydrogen-bond donors (Lipinski definition) is 1. The van der Waals surface area contributed by atoms with Gasteiger partial charge < -0.3 is 5.32 Å². The summed E-state index contributed by atoms with van der Waals surface area (Å²) in [5.74, 6) is 0.594. The Balaban J connectivity index is 2.31. The van der Waals surface area contributed by atoms with Gasteiger partial charge in [-0.25, -0.2) is 0 Å². The van der Waals surface area contributed by atoms with Crippen molar-refractivity contribution < 1.29 is 0 Å². The maximum atomic E-state index is 5.96. The second kappa shape index (κ2) is 10.2. The Kier molecular flexibility index (Phi) is 8.97. The average Bonchev–Trinajstić information content (AvgIpc) is 2.43. The van der Waals surface area contributed by atoms with E-state index < -0.39 is 0 Å². The maximum absolute atomic E-state index is 5.96. The van der Waals surface area contributed by atoms with E-state index in [0.29, 0.717) is 12.0 Å². The van der Waals surface area contributed by atoms with Crippen LogP contribution in [0, 0.1) is 5.92 Å². The lowest BCUT2D eigenvalue weighted by Crippen LogP contribution is -2.26. The first-order valence-electron chi connectivity index (χ1n) is 8.14. The first-order valence-corrected chi connectivity index (χ1v) is 8.51. The van der Waals surface area contributed by atoms with E-state index in [1.807, 2.05) is 12.1 Å². The molecule has 0 amide bonds. The third kappa shape index (κ3) is 6.76. The van der Waals surface area contributed by atoms with Gasteiger partial charge in [-0.1, -0.05) is 76.6 Å². The van der Waals surface area contributed by atoms with E-state index in [4.69, 9.17) is 11.6 Å². The van der Waals surface area contributed by atoms with Gasteiger partial charge in [0.2, 0.25) is 0 Å². The third-order valence-corrected chi connectivity index (χ3v) is 4.04. The van der Waals surface area contributed by atoms with Crippen LogP contribution >= 0.6 is 11.6 Å². The average molecular weight is 296 g/mol. The van der Waals surface area contributed by atoms with Crippen LogP contribution in [0.1, 0.15) is 70.9 Å². The number of halogens is 1. The Morgan fingerprint density at radius 2 is 1.55 bits per heavy atom. The molecule has 0 heterocycles. The molecule has 0 fully saturated rings. The molecule has 2 heteroatoms. The van der Waals surface area contributed by atoms with Gasteiger partial charge in [0, 0.05) is 11.1 Å². The Bertz CT molecular complexity index is 345. The molecule has 0 radical (unpaired) electrons. The largest absolute Gasteiger partial charge is 0.310 e. The van der Waals surface area contributed by atoms with Crippen molar-refractivity contribution in [2.24, 2.45) is 5.92 Å². The summed E-state index contributed by atoms with van der Waals surface area (Å²) < 4.78 is 0. The van der Waals surface area contributed by atoms with Gasteiger partial charge in [0.25, 0.3) is 0 Å². The minimum absolute atomic E-state index is 0.433. The van der Waals surface area contributed by atoms with Gasteiger partial charge in [-0.2, -0.15) is 0 Å². The summed E-state index contributed by atoms with van der Waals surface area (Å²) in [6.07, 6.45) is 8.10. The van der Waals surface area contributed by atoms with Crippen molar-refractivity contribution in [3.8, 4) is 0 Å². The molecule has 1 nitrogen and oxygen atoms in total. The van der Waals surface area contributed by atoms with Gasteiger partial charge in [-0.15, -0.1) is 0 Å². The normalized spacial score (nSPS) is 12.8. The summed E-state index contributed by atoms with van der Waals surface area (Å²) in [7, 11) is 0. The van der Waals surface area contributed by atoms with Crippen LogP contribution in [0.15, 0.2) is 24.3 Å². The molecule has 1 aromatic carbocycles. The van der Waals surface area contributed by atoms with Gasteiger partial charge >= 0.3 is 0 Å². The lowest BCUT2D eigenvalue weighted by molar-refractivity contribution is 0.404. The molecule has 20 heavy (non-hydrogen) atoms. The zero-order valence-corrected chi connectivity index (χ0v) is 14.0. The van der Waals surface area contributed by atoms with Gasteiger partial charge in [-0.3, -0.25) is 0 Å². The molecule has 0 aliphatic heterocycles. The lowest BCUT2D eigenvalue weighted by Gasteiger charge is -2.23. The molecule has 0 spiro atoms. The molecule has 1 unspecified atom stereocenters. The topological polar surface area (TPSA) is 12.0 Å². The molecular weight excluding hydrogens is 266 g/mol. The fourth-order valence-corrected chi connectivity index (χ4v) is 2.70. The summed E-state index contributed by atoms with van der Waals surface area (Å²) in [6, 6.07) is 8.68. The highest BCUT2D eigenvalue weighted by Crippen LogP contribution is 2.23. The van der Waals surface area contributed by atoms with Gasteiger partial charge in [0.1, 0.15) is 0 Å². The van der Waals surface area contributed by atoms with E-state index in [-0.39, 0.29) is 0 Å². The molecule has 1 aromatic rings. The predicted molar refractivity (Wildman–Crippen MR) is 90.4 cm³/mol. The Labute approximate surface area is 130 Å². The quantitative estimate of drug-likeness (QED) is 0.523. The van der Waals surface area contributed by atoms with Crippen LogP contribution in [-0.2, 0) is 0 Å². The Hall–Kier alpha value is -0.530. The minimum atomic E-state index is 0.433.